The second kappa shape index (κ2) is 5.01. The molecule has 0 bridgehead atoms. The Labute approximate surface area is 115 Å². The zero-order chi connectivity index (χ0) is 14.1. The summed E-state index contributed by atoms with van der Waals surface area (Å²) in [7, 11) is -0.343. The molecule has 0 saturated carbocycles. The monoisotopic (exact) mass is 258 g/mol. The van der Waals surface area contributed by atoms with Crippen LogP contribution in [-0.2, 0) is 9.31 Å². The topological polar surface area (TPSA) is 38.7 Å². The maximum absolute atomic E-state index is 8.66. The molecule has 0 amide bonds. The van der Waals surface area contributed by atoms with Crippen molar-refractivity contribution in [3.05, 3.63) is 29.8 Å². The first kappa shape index (κ1) is 14.1. The number of hydrogen-bond acceptors (Lipinski definition) is 3. The van der Waals surface area contributed by atoms with Crippen LogP contribution in [0.2, 0.25) is 0 Å². The molecule has 0 radical (unpaired) electrons. The maximum atomic E-state index is 8.66. The zero-order valence-corrected chi connectivity index (χ0v) is 11.9. The first-order valence-electron chi connectivity index (χ1n) is 6.41. The molecular formula is C15H19BO3. The van der Waals surface area contributed by atoms with Gasteiger partial charge in [0.1, 0.15) is 6.61 Å². The van der Waals surface area contributed by atoms with Crippen LogP contribution in [0.1, 0.15) is 33.3 Å². The molecule has 1 heterocycles. The van der Waals surface area contributed by atoms with Gasteiger partial charge in [-0.3, -0.25) is 0 Å². The fourth-order valence-corrected chi connectivity index (χ4v) is 1.84. The maximum Gasteiger partial charge on any atom is 0.494 e. The molecule has 1 aromatic rings. The predicted octanol–water partition coefficient (Wildman–Crippen LogP) is 1.33. The Morgan fingerprint density at radius 3 is 2.05 bits per heavy atom. The lowest BCUT2D eigenvalue weighted by atomic mass is 9.79. The Hall–Kier alpha value is -1.28. The van der Waals surface area contributed by atoms with E-state index in [1.54, 1.807) is 0 Å². The third-order valence-electron chi connectivity index (χ3n) is 3.75. The first-order chi connectivity index (χ1) is 8.86. The van der Waals surface area contributed by atoms with Crippen LogP contribution in [0.3, 0.4) is 0 Å². The highest BCUT2D eigenvalue weighted by molar-refractivity contribution is 6.62. The van der Waals surface area contributed by atoms with E-state index in [9.17, 15) is 0 Å². The van der Waals surface area contributed by atoms with Gasteiger partial charge in [-0.05, 0) is 45.3 Å². The summed E-state index contributed by atoms with van der Waals surface area (Å²) in [5.74, 6) is 5.49. The van der Waals surface area contributed by atoms with Gasteiger partial charge in [0.2, 0.25) is 0 Å². The van der Waals surface area contributed by atoms with E-state index < -0.39 is 0 Å². The van der Waals surface area contributed by atoms with Crippen molar-refractivity contribution >= 4 is 12.6 Å². The van der Waals surface area contributed by atoms with Crippen molar-refractivity contribution < 1.29 is 14.4 Å². The minimum atomic E-state index is -0.343. The van der Waals surface area contributed by atoms with Crippen molar-refractivity contribution in [2.24, 2.45) is 0 Å². The van der Waals surface area contributed by atoms with Crippen molar-refractivity contribution in [2.75, 3.05) is 6.61 Å². The van der Waals surface area contributed by atoms with E-state index in [1.165, 1.54) is 0 Å². The molecule has 0 spiro atoms. The number of aliphatic hydroxyl groups is 1. The van der Waals surface area contributed by atoms with Crippen LogP contribution in [0.5, 0.6) is 0 Å². The molecule has 0 aliphatic carbocycles. The number of benzene rings is 1. The van der Waals surface area contributed by atoms with E-state index in [1.807, 2.05) is 52.0 Å². The fourth-order valence-electron chi connectivity index (χ4n) is 1.84. The molecular weight excluding hydrogens is 239 g/mol. The van der Waals surface area contributed by atoms with Gasteiger partial charge >= 0.3 is 7.12 Å². The van der Waals surface area contributed by atoms with Crippen LogP contribution in [0, 0.1) is 11.8 Å². The largest absolute Gasteiger partial charge is 0.494 e. The molecule has 3 nitrogen and oxygen atoms in total. The third-order valence-corrected chi connectivity index (χ3v) is 3.75. The molecule has 19 heavy (non-hydrogen) atoms. The van der Waals surface area contributed by atoms with Gasteiger partial charge in [0.15, 0.2) is 0 Å². The standard InChI is InChI=1S/C15H19BO3/c1-14(2)15(3,4)19-16(18-14)13-9-7-12(8-10-13)6-5-11-17/h7-10,17H,11H2,1-4H3. The summed E-state index contributed by atoms with van der Waals surface area (Å²) in [4.78, 5) is 0. The number of rotatable bonds is 1. The lowest BCUT2D eigenvalue weighted by Crippen LogP contribution is -2.41. The van der Waals surface area contributed by atoms with Crippen molar-refractivity contribution in [1.29, 1.82) is 0 Å². The summed E-state index contributed by atoms with van der Waals surface area (Å²) >= 11 is 0. The van der Waals surface area contributed by atoms with Crippen molar-refractivity contribution in [3.8, 4) is 11.8 Å². The predicted molar refractivity (Wildman–Crippen MR) is 76.1 cm³/mol. The van der Waals surface area contributed by atoms with Gasteiger partial charge in [0.25, 0.3) is 0 Å². The van der Waals surface area contributed by atoms with Crippen molar-refractivity contribution in [1.82, 2.24) is 0 Å². The van der Waals surface area contributed by atoms with Crippen LogP contribution in [0.25, 0.3) is 0 Å². The summed E-state index contributed by atoms with van der Waals surface area (Å²) in [6.07, 6.45) is 0. The highest BCUT2D eigenvalue weighted by atomic mass is 16.7. The lowest BCUT2D eigenvalue weighted by molar-refractivity contribution is 0.00578. The van der Waals surface area contributed by atoms with Gasteiger partial charge < -0.3 is 14.4 Å². The quantitative estimate of drug-likeness (QED) is 0.610. The van der Waals surface area contributed by atoms with E-state index in [0.29, 0.717) is 0 Å². The smallest absolute Gasteiger partial charge is 0.399 e. The Balaban J connectivity index is 2.17. The van der Waals surface area contributed by atoms with E-state index in [4.69, 9.17) is 14.4 Å². The highest BCUT2D eigenvalue weighted by Gasteiger charge is 2.51. The molecule has 0 atom stereocenters. The Morgan fingerprint density at radius 2 is 1.58 bits per heavy atom. The number of hydrogen-bond donors (Lipinski definition) is 1. The molecule has 0 aromatic heterocycles. The average Bonchev–Trinajstić information content (AvgIpc) is 2.56. The minimum Gasteiger partial charge on any atom is -0.399 e. The molecule has 1 fully saturated rings. The van der Waals surface area contributed by atoms with Crippen LogP contribution in [-0.4, -0.2) is 30.0 Å². The molecule has 1 N–H and O–H groups in total. The number of aliphatic hydroxyl groups excluding tert-OH is 1. The first-order valence-corrected chi connectivity index (χ1v) is 6.41. The van der Waals surface area contributed by atoms with Gasteiger partial charge in [-0.2, -0.15) is 0 Å². The SMILES string of the molecule is CC1(C)OB(c2ccc(C#CCO)cc2)OC1(C)C. The highest BCUT2D eigenvalue weighted by Crippen LogP contribution is 2.36. The van der Waals surface area contributed by atoms with Gasteiger partial charge in [-0.1, -0.05) is 24.0 Å². The molecule has 100 valence electrons. The van der Waals surface area contributed by atoms with Crippen molar-refractivity contribution in [3.63, 3.8) is 0 Å². The molecule has 1 saturated heterocycles. The molecule has 0 unspecified atom stereocenters. The zero-order valence-electron chi connectivity index (χ0n) is 11.9. The summed E-state index contributed by atoms with van der Waals surface area (Å²) in [5, 5.41) is 8.66. The van der Waals surface area contributed by atoms with Crippen LogP contribution >= 0.6 is 0 Å². The van der Waals surface area contributed by atoms with Gasteiger partial charge in [-0.25, -0.2) is 0 Å². The summed E-state index contributed by atoms with van der Waals surface area (Å²) in [6, 6.07) is 7.71. The molecule has 2 rings (SSSR count). The third kappa shape index (κ3) is 2.84. The minimum absolute atomic E-state index is 0.126. The van der Waals surface area contributed by atoms with E-state index in [-0.39, 0.29) is 24.9 Å². The second-order valence-electron chi connectivity index (χ2n) is 5.67. The van der Waals surface area contributed by atoms with Gasteiger partial charge in [0, 0.05) is 5.56 Å². The second-order valence-corrected chi connectivity index (χ2v) is 5.67. The fraction of sp³-hybridized carbons (Fsp3) is 0.467. The Bertz CT molecular complexity index is 492. The average molecular weight is 258 g/mol. The summed E-state index contributed by atoms with van der Waals surface area (Å²) < 4.78 is 11.9. The van der Waals surface area contributed by atoms with E-state index in [0.717, 1.165) is 11.0 Å². The molecule has 4 heteroatoms. The lowest BCUT2D eigenvalue weighted by Gasteiger charge is -2.32. The summed E-state index contributed by atoms with van der Waals surface area (Å²) in [5.41, 5.74) is 1.20. The van der Waals surface area contributed by atoms with E-state index >= 15 is 0 Å². The van der Waals surface area contributed by atoms with Crippen LogP contribution in [0.15, 0.2) is 24.3 Å². The van der Waals surface area contributed by atoms with Gasteiger partial charge in [-0.15, -0.1) is 0 Å². The molecule has 1 aliphatic rings. The molecule has 1 aromatic carbocycles. The normalized spacial score (nSPS) is 19.9. The Morgan fingerprint density at radius 1 is 1.05 bits per heavy atom. The van der Waals surface area contributed by atoms with Crippen molar-refractivity contribution in [2.45, 2.75) is 38.9 Å². The van der Waals surface area contributed by atoms with Crippen LogP contribution in [0.4, 0.5) is 0 Å². The molecule has 1 aliphatic heterocycles. The summed E-state index contributed by atoms with van der Waals surface area (Å²) in [6.45, 7) is 8.02. The Kier molecular flexibility index (Phi) is 3.73. The van der Waals surface area contributed by atoms with Crippen LogP contribution < -0.4 is 5.46 Å². The van der Waals surface area contributed by atoms with Gasteiger partial charge in [0.05, 0.1) is 11.2 Å². The van der Waals surface area contributed by atoms with E-state index in [2.05, 4.69) is 11.8 Å².